The monoisotopic (exact) mass is 366 g/mol. The van der Waals surface area contributed by atoms with E-state index >= 15 is 0 Å². The van der Waals surface area contributed by atoms with Crippen LogP contribution < -0.4 is 10.1 Å². The van der Waals surface area contributed by atoms with Gasteiger partial charge in [0.05, 0.1) is 12.6 Å². The number of benzene rings is 1. The minimum Gasteiger partial charge on any atom is -0.497 e. The van der Waals surface area contributed by atoms with Crippen molar-refractivity contribution in [2.75, 3.05) is 7.11 Å². The van der Waals surface area contributed by atoms with Gasteiger partial charge in [-0.1, -0.05) is 31.4 Å². The van der Waals surface area contributed by atoms with Crippen LogP contribution in [0.1, 0.15) is 53.9 Å². The Hall–Kier alpha value is -2.69. The fourth-order valence-electron chi connectivity index (χ4n) is 3.94. The first kappa shape index (κ1) is 17.7. The van der Waals surface area contributed by atoms with E-state index in [2.05, 4.69) is 5.32 Å². The lowest BCUT2D eigenvalue weighted by atomic mass is 9.95. The van der Waals surface area contributed by atoms with Crippen LogP contribution in [-0.4, -0.2) is 23.6 Å². The summed E-state index contributed by atoms with van der Waals surface area (Å²) in [5.74, 6) is 1.66. The van der Waals surface area contributed by atoms with Gasteiger partial charge in [-0.3, -0.25) is 4.79 Å². The van der Waals surface area contributed by atoms with Crippen molar-refractivity contribution in [3.05, 3.63) is 53.4 Å². The van der Waals surface area contributed by atoms with Gasteiger partial charge < -0.3 is 19.0 Å². The highest BCUT2D eigenvalue weighted by atomic mass is 16.5. The highest BCUT2D eigenvalue weighted by Gasteiger charge is 2.22. The Kier molecular flexibility index (Phi) is 4.92. The van der Waals surface area contributed by atoms with Crippen molar-refractivity contribution in [2.45, 2.75) is 51.6 Å². The van der Waals surface area contributed by atoms with Crippen LogP contribution in [0, 0.1) is 6.92 Å². The highest BCUT2D eigenvalue weighted by molar-refractivity contribution is 5.97. The molecule has 1 aliphatic carbocycles. The summed E-state index contributed by atoms with van der Waals surface area (Å²) in [5.41, 5.74) is 3.48. The van der Waals surface area contributed by atoms with Crippen molar-refractivity contribution >= 4 is 17.0 Å². The van der Waals surface area contributed by atoms with E-state index in [1.807, 2.05) is 47.9 Å². The quantitative estimate of drug-likeness (QED) is 0.714. The van der Waals surface area contributed by atoms with Crippen LogP contribution in [-0.2, 0) is 6.54 Å². The van der Waals surface area contributed by atoms with Crippen LogP contribution in [0.15, 0.2) is 40.8 Å². The molecule has 1 aliphatic rings. The molecule has 2 aromatic heterocycles. The number of aromatic nitrogens is 1. The lowest BCUT2D eigenvalue weighted by Crippen LogP contribution is -2.37. The molecule has 4 rings (SSSR count). The van der Waals surface area contributed by atoms with Crippen molar-refractivity contribution in [1.29, 1.82) is 0 Å². The second-order valence-corrected chi connectivity index (χ2v) is 7.38. The van der Waals surface area contributed by atoms with Crippen LogP contribution in [0.5, 0.6) is 5.75 Å². The Bertz CT molecular complexity index is 931. The van der Waals surface area contributed by atoms with Crippen LogP contribution in [0.25, 0.3) is 11.1 Å². The number of hydrogen-bond donors (Lipinski definition) is 1. The Balaban J connectivity index is 1.63. The highest BCUT2D eigenvalue weighted by Crippen LogP contribution is 2.26. The second-order valence-electron chi connectivity index (χ2n) is 7.38. The summed E-state index contributed by atoms with van der Waals surface area (Å²) in [4.78, 5) is 13.0. The summed E-state index contributed by atoms with van der Waals surface area (Å²) in [6, 6.07) is 12.1. The van der Waals surface area contributed by atoms with E-state index in [-0.39, 0.29) is 11.9 Å². The Labute approximate surface area is 159 Å². The van der Waals surface area contributed by atoms with Gasteiger partial charge in [-0.05, 0) is 37.5 Å². The third kappa shape index (κ3) is 3.72. The van der Waals surface area contributed by atoms with Crippen molar-refractivity contribution in [3.63, 3.8) is 0 Å². The second kappa shape index (κ2) is 7.51. The number of nitrogens with zero attached hydrogens (tertiary/aromatic N) is 1. The molecule has 1 N–H and O–H groups in total. The van der Waals surface area contributed by atoms with Crippen molar-refractivity contribution in [2.24, 2.45) is 0 Å². The maximum atomic E-state index is 13.0. The minimum atomic E-state index is -0.0144. The van der Waals surface area contributed by atoms with Crippen molar-refractivity contribution < 1.29 is 13.9 Å². The predicted octanol–water partition coefficient (Wildman–Crippen LogP) is 4.66. The molecule has 0 saturated heterocycles. The predicted molar refractivity (Wildman–Crippen MR) is 105 cm³/mol. The molecule has 5 heteroatoms. The van der Waals surface area contributed by atoms with E-state index in [4.69, 9.17) is 9.15 Å². The molecule has 0 radical (unpaired) electrons. The van der Waals surface area contributed by atoms with E-state index in [0.29, 0.717) is 12.2 Å². The van der Waals surface area contributed by atoms with Gasteiger partial charge in [0.15, 0.2) is 5.58 Å². The minimum absolute atomic E-state index is 0.0144. The Morgan fingerprint density at radius 2 is 1.93 bits per heavy atom. The zero-order valence-corrected chi connectivity index (χ0v) is 16.0. The van der Waals surface area contributed by atoms with Crippen LogP contribution in [0.3, 0.4) is 0 Å². The van der Waals surface area contributed by atoms with Crippen LogP contribution in [0.4, 0.5) is 0 Å². The number of furan rings is 1. The molecule has 0 aliphatic heterocycles. The van der Waals surface area contributed by atoms with Gasteiger partial charge in [0.2, 0.25) is 0 Å². The summed E-state index contributed by atoms with van der Waals surface area (Å²) >= 11 is 0. The van der Waals surface area contributed by atoms with Crippen LogP contribution >= 0.6 is 0 Å². The molecule has 142 valence electrons. The number of carbonyl (C=O) groups is 1. The molecule has 0 unspecified atom stereocenters. The lowest BCUT2D eigenvalue weighted by Gasteiger charge is -2.23. The number of carbonyl (C=O) groups excluding carboxylic acids is 1. The average molecular weight is 366 g/mol. The first-order chi connectivity index (χ1) is 13.1. The molecule has 0 bridgehead atoms. The molecular formula is C22H26N2O3. The number of aryl methyl sites for hydroxylation is 1. The summed E-state index contributed by atoms with van der Waals surface area (Å²) in [6.45, 7) is 2.54. The number of rotatable bonds is 5. The lowest BCUT2D eigenvalue weighted by molar-refractivity contribution is 0.0919. The Morgan fingerprint density at radius 3 is 2.63 bits per heavy atom. The van der Waals surface area contributed by atoms with Crippen molar-refractivity contribution in [3.8, 4) is 5.75 Å². The van der Waals surface area contributed by atoms with E-state index in [0.717, 1.165) is 41.0 Å². The molecule has 1 saturated carbocycles. The average Bonchev–Trinajstić information content (AvgIpc) is 3.20. The fourth-order valence-corrected chi connectivity index (χ4v) is 3.94. The molecule has 0 atom stereocenters. The summed E-state index contributed by atoms with van der Waals surface area (Å²) in [7, 11) is 1.66. The third-order valence-electron chi connectivity index (χ3n) is 5.39. The number of nitrogens with one attached hydrogen (secondary N) is 1. The van der Waals surface area contributed by atoms with Crippen LogP contribution in [0.2, 0.25) is 0 Å². The smallest absolute Gasteiger partial charge is 0.268 e. The molecule has 2 heterocycles. The van der Waals surface area contributed by atoms with E-state index in [9.17, 15) is 4.79 Å². The van der Waals surface area contributed by atoms with Gasteiger partial charge in [0.25, 0.3) is 5.91 Å². The molecule has 5 nitrogen and oxygen atoms in total. The van der Waals surface area contributed by atoms with Gasteiger partial charge >= 0.3 is 0 Å². The zero-order chi connectivity index (χ0) is 18.8. The van der Waals surface area contributed by atoms with Gasteiger partial charge in [0, 0.05) is 24.7 Å². The number of amides is 1. The molecule has 1 aromatic carbocycles. The summed E-state index contributed by atoms with van der Waals surface area (Å²) < 4.78 is 13.1. The van der Waals surface area contributed by atoms with Gasteiger partial charge in [-0.2, -0.15) is 0 Å². The molecule has 27 heavy (non-hydrogen) atoms. The fraction of sp³-hybridized carbons (Fsp3) is 0.409. The topological polar surface area (TPSA) is 56.4 Å². The van der Waals surface area contributed by atoms with Gasteiger partial charge in [-0.15, -0.1) is 0 Å². The van der Waals surface area contributed by atoms with Gasteiger partial charge in [0.1, 0.15) is 17.2 Å². The van der Waals surface area contributed by atoms with Crippen molar-refractivity contribution in [1.82, 2.24) is 9.88 Å². The molecule has 1 amide bonds. The Morgan fingerprint density at radius 1 is 1.19 bits per heavy atom. The standard InChI is InChI=1S/C22H26N2O3/c1-15-12-19-21(27-15)13-20(22(25)23-17-6-4-3-5-7-17)24(19)14-16-8-10-18(26-2)11-9-16/h8-13,17H,3-7,14H2,1-2H3,(H,23,25). The van der Waals surface area contributed by atoms with Gasteiger partial charge in [-0.25, -0.2) is 0 Å². The number of fused-ring (bicyclic) bond motifs is 1. The largest absolute Gasteiger partial charge is 0.497 e. The normalized spacial score (nSPS) is 15.2. The maximum absolute atomic E-state index is 13.0. The number of ether oxygens (including phenoxy) is 1. The summed E-state index contributed by atoms with van der Waals surface area (Å²) in [6.07, 6.45) is 5.80. The number of methoxy groups -OCH3 is 1. The molecule has 0 spiro atoms. The molecular weight excluding hydrogens is 340 g/mol. The first-order valence-electron chi connectivity index (χ1n) is 9.67. The molecule has 3 aromatic rings. The van der Waals surface area contributed by atoms with E-state index < -0.39 is 0 Å². The number of hydrogen-bond acceptors (Lipinski definition) is 3. The SMILES string of the molecule is COc1ccc(Cn2c(C(=O)NC3CCCCC3)cc3oc(C)cc32)cc1. The maximum Gasteiger partial charge on any atom is 0.268 e. The third-order valence-corrected chi connectivity index (χ3v) is 5.39. The van der Waals surface area contributed by atoms with E-state index in [1.54, 1.807) is 7.11 Å². The zero-order valence-electron chi connectivity index (χ0n) is 16.0. The van der Waals surface area contributed by atoms with E-state index in [1.165, 1.54) is 19.3 Å². The first-order valence-corrected chi connectivity index (χ1v) is 9.67. The summed E-state index contributed by atoms with van der Waals surface area (Å²) in [5, 5.41) is 3.22. The molecule has 1 fully saturated rings.